The van der Waals surface area contributed by atoms with E-state index in [9.17, 15) is 4.79 Å². The highest BCUT2D eigenvalue weighted by molar-refractivity contribution is 5.91. The van der Waals surface area contributed by atoms with E-state index in [-0.39, 0.29) is 5.91 Å². The van der Waals surface area contributed by atoms with Crippen LogP contribution in [0.2, 0.25) is 0 Å². The first-order valence-corrected chi connectivity index (χ1v) is 5.52. The highest BCUT2D eigenvalue weighted by atomic mass is 16.3. The molecular formula is C14H15NO2. The molecule has 0 aliphatic rings. The van der Waals surface area contributed by atoms with Crippen LogP contribution in [0.15, 0.2) is 47.1 Å². The van der Waals surface area contributed by atoms with Crippen LogP contribution in [-0.4, -0.2) is 17.9 Å². The molecule has 0 N–H and O–H groups in total. The number of benzene rings is 1. The molecule has 1 aromatic heterocycles. The van der Waals surface area contributed by atoms with Crippen LogP contribution >= 0.6 is 0 Å². The summed E-state index contributed by atoms with van der Waals surface area (Å²) in [5.41, 5.74) is 2.33. The fourth-order valence-corrected chi connectivity index (χ4v) is 1.70. The molecule has 1 amide bonds. The van der Waals surface area contributed by atoms with Gasteiger partial charge in [-0.25, -0.2) is 0 Å². The van der Waals surface area contributed by atoms with Gasteiger partial charge in [0.1, 0.15) is 0 Å². The average Bonchev–Trinajstić information content (AvgIpc) is 2.84. The summed E-state index contributed by atoms with van der Waals surface area (Å²) in [7, 11) is 1.78. The van der Waals surface area contributed by atoms with Crippen LogP contribution in [0.1, 0.15) is 21.7 Å². The second-order valence-electron chi connectivity index (χ2n) is 4.07. The van der Waals surface area contributed by atoms with Gasteiger partial charge < -0.3 is 9.32 Å². The first kappa shape index (κ1) is 11.5. The minimum Gasteiger partial charge on any atom is -0.459 e. The van der Waals surface area contributed by atoms with E-state index in [0.717, 1.165) is 5.56 Å². The zero-order chi connectivity index (χ0) is 12.3. The lowest BCUT2D eigenvalue weighted by molar-refractivity contribution is 0.0753. The summed E-state index contributed by atoms with van der Waals surface area (Å²) < 4.78 is 5.09. The third-order valence-corrected chi connectivity index (χ3v) is 2.75. The zero-order valence-corrected chi connectivity index (χ0v) is 10.0. The number of aryl methyl sites for hydroxylation is 1. The van der Waals surface area contributed by atoms with E-state index >= 15 is 0 Å². The van der Waals surface area contributed by atoms with Crippen molar-refractivity contribution in [3.05, 3.63) is 59.5 Å². The summed E-state index contributed by atoms with van der Waals surface area (Å²) >= 11 is 0. The zero-order valence-electron chi connectivity index (χ0n) is 10.0. The van der Waals surface area contributed by atoms with E-state index in [0.29, 0.717) is 12.3 Å². The molecule has 0 spiro atoms. The lowest BCUT2D eigenvalue weighted by Gasteiger charge is -2.17. The smallest absolute Gasteiger partial charge is 0.289 e. The molecule has 88 valence electrons. The molecule has 0 bridgehead atoms. The van der Waals surface area contributed by atoms with Crippen LogP contribution in [0.4, 0.5) is 0 Å². The average molecular weight is 229 g/mol. The molecule has 1 aromatic carbocycles. The summed E-state index contributed by atoms with van der Waals surface area (Å²) in [6.07, 6.45) is 1.51. The summed E-state index contributed by atoms with van der Waals surface area (Å²) in [6.45, 7) is 2.63. The topological polar surface area (TPSA) is 33.5 Å². The Hall–Kier alpha value is -2.03. The minimum atomic E-state index is -0.0988. The van der Waals surface area contributed by atoms with Crippen LogP contribution in [0, 0.1) is 6.92 Å². The molecule has 3 nitrogen and oxygen atoms in total. The SMILES string of the molecule is Cc1ccccc1CN(C)C(=O)c1ccco1. The first-order valence-electron chi connectivity index (χ1n) is 5.52. The van der Waals surface area contributed by atoms with Crippen molar-refractivity contribution in [2.45, 2.75) is 13.5 Å². The number of furan rings is 1. The van der Waals surface area contributed by atoms with Gasteiger partial charge in [-0.2, -0.15) is 0 Å². The molecule has 0 aliphatic heterocycles. The molecule has 0 radical (unpaired) electrons. The number of rotatable bonds is 3. The van der Waals surface area contributed by atoms with E-state index in [2.05, 4.69) is 0 Å². The quantitative estimate of drug-likeness (QED) is 0.810. The predicted molar refractivity (Wildman–Crippen MR) is 65.7 cm³/mol. The summed E-state index contributed by atoms with van der Waals surface area (Å²) in [4.78, 5) is 13.6. The fraction of sp³-hybridized carbons (Fsp3) is 0.214. The monoisotopic (exact) mass is 229 g/mol. The maximum Gasteiger partial charge on any atom is 0.289 e. The lowest BCUT2D eigenvalue weighted by Crippen LogP contribution is -2.26. The van der Waals surface area contributed by atoms with Gasteiger partial charge in [0.2, 0.25) is 0 Å². The second-order valence-corrected chi connectivity index (χ2v) is 4.07. The van der Waals surface area contributed by atoms with Gasteiger partial charge in [0.15, 0.2) is 5.76 Å². The van der Waals surface area contributed by atoms with E-state index in [4.69, 9.17) is 4.42 Å². The molecule has 2 rings (SSSR count). The van der Waals surface area contributed by atoms with Crippen LogP contribution in [0.5, 0.6) is 0 Å². The molecule has 3 heteroatoms. The molecule has 2 aromatic rings. The normalized spacial score (nSPS) is 10.2. The molecule has 0 unspecified atom stereocenters. The van der Waals surface area contributed by atoms with Crippen LogP contribution in [0.3, 0.4) is 0 Å². The molecule has 17 heavy (non-hydrogen) atoms. The maximum atomic E-state index is 12.0. The fourth-order valence-electron chi connectivity index (χ4n) is 1.70. The van der Waals surface area contributed by atoms with Gasteiger partial charge in [-0.05, 0) is 30.2 Å². The van der Waals surface area contributed by atoms with E-state index < -0.39 is 0 Å². The van der Waals surface area contributed by atoms with Gasteiger partial charge in [-0.1, -0.05) is 24.3 Å². The maximum absolute atomic E-state index is 12.0. The van der Waals surface area contributed by atoms with Crippen molar-refractivity contribution in [1.29, 1.82) is 0 Å². The van der Waals surface area contributed by atoms with Crippen molar-refractivity contribution in [1.82, 2.24) is 4.90 Å². The highest BCUT2D eigenvalue weighted by Gasteiger charge is 2.14. The Bertz CT molecular complexity index is 503. The third kappa shape index (κ3) is 2.56. The van der Waals surface area contributed by atoms with Crippen LogP contribution in [0.25, 0.3) is 0 Å². The summed E-state index contributed by atoms with van der Waals surface area (Å²) in [6, 6.07) is 11.4. The number of carbonyl (C=O) groups excluding carboxylic acids is 1. The standard InChI is InChI=1S/C14H15NO2/c1-11-6-3-4-7-12(11)10-15(2)14(16)13-8-5-9-17-13/h3-9H,10H2,1-2H3. The Morgan fingerprint density at radius 3 is 2.65 bits per heavy atom. The molecule has 0 saturated heterocycles. The second kappa shape index (κ2) is 4.87. The Balaban J connectivity index is 2.10. The Morgan fingerprint density at radius 1 is 1.24 bits per heavy atom. The summed E-state index contributed by atoms with van der Waals surface area (Å²) in [5, 5.41) is 0. The number of nitrogens with zero attached hydrogens (tertiary/aromatic N) is 1. The van der Waals surface area contributed by atoms with E-state index in [1.54, 1.807) is 24.1 Å². The van der Waals surface area contributed by atoms with Crippen molar-refractivity contribution < 1.29 is 9.21 Å². The van der Waals surface area contributed by atoms with Crippen molar-refractivity contribution >= 4 is 5.91 Å². The molecule has 0 aliphatic carbocycles. The van der Waals surface area contributed by atoms with Crippen LogP contribution < -0.4 is 0 Å². The van der Waals surface area contributed by atoms with Crippen molar-refractivity contribution in [2.24, 2.45) is 0 Å². The van der Waals surface area contributed by atoms with Gasteiger partial charge in [0.25, 0.3) is 5.91 Å². The largest absolute Gasteiger partial charge is 0.459 e. The van der Waals surface area contributed by atoms with Crippen LogP contribution in [-0.2, 0) is 6.54 Å². The number of hydrogen-bond acceptors (Lipinski definition) is 2. The van der Waals surface area contributed by atoms with Crippen molar-refractivity contribution in [3.63, 3.8) is 0 Å². The Kier molecular flexibility index (Phi) is 3.28. The van der Waals surface area contributed by atoms with Crippen molar-refractivity contribution in [3.8, 4) is 0 Å². The Labute approximate surface area is 101 Å². The number of hydrogen-bond donors (Lipinski definition) is 0. The van der Waals surface area contributed by atoms with E-state index in [1.165, 1.54) is 11.8 Å². The van der Waals surface area contributed by atoms with Gasteiger partial charge in [0, 0.05) is 13.6 Å². The molecule has 0 saturated carbocycles. The first-order chi connectivity index (χ1) is 8.18. The van der Waals surface area contributed by atoms with E-state index in [1.807, 2.05) is 31.2 Å². The lowest BCUT2D eigenvalue weighted by atomic mass is 10.1. The minimum absolute atomic E-state index is 0.0988. The Morgan fingerprint density at radius 2 is 2.00 bits per heavy atom. The molecule has 1 heterocycles. The molecule has 0 atom stereocenters. The third-order valence-electron chi connectivity index (χ3n) is 2.75. The van der Waals surface area contributed by atoms with Crippen molar-refractivity contribution in [2.75, 3.05) is 7.05 Å². The predicted octanol–water partition coefficient (Wildman–Crippen LogP) is 2.86. The molecule has 0 fully saturated rings. The van der Waals surface area contributed by atoms with Gasteiger partial charge in [-0.15, -0.1) is 0 Å². The van der Waals surface area contributed by atoms with Gasteiger partial charge in [-0.3, -0.25) is 4.79 Å². The van der Waals surface area contributed by atoms with Gasteiger partial charge >= 0.3 is 0 Å². The van der Waals surface area contributed by atoms with Gasteiger partial charge in [0.05, 0.1) is 6.26 Å². The highest BCUT2D eigenvalue weighted by Crippen LogP contribution is 2.12. The number of carbonyl (C=O) groups is 1. The molecular weight excluding hydrogens is 214 g/mol. The summed E-state index contributed by atoms with van der Waals surface area (Å²) in [5.74, 6) is 0.277. The number of amides is 1.